The normalized spacial score (nSPS) is 16.2. The van der Waals surface area contributed by atoms with Gasteiger partial charge in [-0.1, -0.05) is 6.92 Å². The van der Waals surface area contributed by atoms with Crippen LogP contribution in [-0.2, 0) is 39.6 Å². The zero-order valence-electron chi connectivity index (χ0n) is 26.8. The average molecular weight is 647 g/mol. The van der Waals surface area contributed by atoms with Gasteiger partial charge in [-0.25, -0.2) is 0 Å². The Hall–Kier alpha value is 0.231. The van der Waals surface area contributed by atoms with Gasteiger partial charge < -0.3 is 34.8 Å². The predicted molar refractivity (Wildman–Crippen MR) is 170 cm³/mol. The highest BCUT2D eigenvalue weighted by atomic mass is 28.5. The van der Waals surface area contributed by atoms with Gasteiger partial charge in [0.2, 0.25) is 0 Å². The molecule has 0 aliphatic heterocycles. The Bertz CT molecular complexity index is 685. The van der Waals surface area contributed by atoms with Crippen LogP contribution in [0.4, 0.5) is 0 Å². The Kier molecular flexibility index (Phi) is 18.3. The first-order valence-electron chi connectivity index (χ1n) is 13.3. The van der Waals surface area contributed by atoms with E-state index < -0.39 is 50.9 Å². The largest absolute Gasteiger partial charge is 0.469 e. The number of carbonyl (C=O) groups excluding carboxylic acids is 1. The van der Waals surface area contributed by atoms with Crippen molar-refractivity contribution in [3.8, 4) is 0 Å². The van der Waals surface area contributed by atoms with Gasteiger partial charge in [0.1, 0.15) is 0 Å². The van der Waals surface area contributed by atoms with E-state index in [2.05, 4.69) is 59.4 Å². The summed E-state index contributed by atoms with van der Waals surface area (Å²) in [4.78, 5) is 12.5. The van der Waals surface area contributed by atoms with Crippen molar-refractivity contribution >= 4 is 56.8 Å². The highest BCUT2D eigenvalue weighted by Gasteiger charge is 2.52. The summed E-state index contributed by atoms with van der Waals surface area (Å²) in [6.45, 7) is 34.5. The first-order chi connectivity index (χ1) is 17.1. The number of hydrogen-bond acceptors (Lipinski definition) is 9. The number of carbonyl (C=O) groups is 1. The SMILES string of the molecule is C=C.CCCOCCOC[Si](C)(O[Si](C)(C)O[Si](C)(C)C)O[Si](C)(CC(=O)OC)O[Si](C)(C)O[Si](C)(C)C. The van der Waals surface area contributed by atoms with Crippen molar-refractivity contribution in [1.82, 2.24) is 0 Å². The quantitative estimate of drug-likeness (QED) is 0.0700. The molecule has 2 atom stereocenters. The van der Waals surface area contributed by atoms with Gasteiger partial charge in [-0.05, 0) is 85.0 Å². The van der Waals surface area contributed by atoms with Crippen LogP contribution >= 0.6 is 0 Å². The fourth-order valence-corrected chi connectivity index (χ4v) is 32.3. The maximum Gasteiger partial charge on any atom is 0.344 e. The van der Waals surface area contributed by atoms with Crippen LogP contribution in [0, 0.1) is 0 Å². The number of hydrogen-bond donors (Lipinski definition) is 0. The number of ether oxygens (including phenoxy) is 3. The number of esters is 1. The molecule has 0 saturated heterocycles. The molecule has 228 valence electrons. The molecule has 0 rings (SSSR count). The number of rotatable bonds is 19. The smallest absolute Gasteiger partial charge is 0.344 e. The highest BCUT2D eigenvalue weighted by Crippen LogP contribution is 2.30. The molecule has 0 spiro atoms. The lowest BCUT2D eigenvalue weighted by molar-refractivity contribution is -0.138. The molecule has 0 aliphatic carbocycles. The minimum atomic E-state index is -3.16. The topological polar surface area (TPSA) is 90.9 Å². The van der Waals surface area contributed by atoms with E-state index in [0.717, 1.165) is 6.42 Å². The van der Waals surface area contributed by atoms with Crippen LogP contribution in [0.5, 0.6) is 0 Å². The highest BCUT2D eigenvalue weighted by molar-refractivity contribution is 6.92. The van der Waals surface area contributed by atoms with Gasteiger partial charge in [0.15, 0.2) is 16.6 Å². The van der Waals surface area contributed by atoms with Crippen LogP contribution in [0.1, 0.15) is 13.3 Å². The maximum atomic E-state index is 12.5. The van der Waals surface area contributed by atoms with Crippen LogP contribution in [0.25, 0.3) is 0 Å². The van der Waals surface area contributed by atoms with Crippen LogP contribution in [-0.4, -0.2) is 90.0 Å². The third-order valence-corrected chi connectivity index (χ3v) is 25.6. The summed E-state index contributed by atoms with van der Waals surface area (Å²) in [5.74, 6) is -0.373. The van der Waals surface area contributed by atoms with Crippen molar-refractivity contribution in [2.24, 2.45) is 0 Å². The van der Waals surface area contributed by atoms with Crippen molar-refractivity contribution in [3.63, 3.8) is 0 Å². The van der Waals surface area contributed by atoms with Gasteiger partial charge in [0.25, 0.3) is 0 Å². The second-order valence-electron chi connectivity index (χ2n) is 12.2. The molecular formula is C23H58O9Si6. The molecule has 0 bridgehead atoms. The van der Waals surface area contributed by atoms with Crippen molar-refractivity contribution in [2.75, 3.05) is 33.2 Å². The molecule has 0 aromatic rings. The third-order valence-electron chi connectivity index (χ3n) is 4.24. The maximum absolute atomic E-state index is 12.5. The van der Waals surface area contributed by atoms with E-state index in [0.29, 0.717) is 19.8 Å². The van der Waals surface area contributed by atoms with Crippen molar-refractivity contribution in [1.29, 1.82) is 0 Å². The first-order valence-corrected chi connectivity index (χ1v) is 30.8. The minimum Gasteiger partial charge on any atom is -0.469 e. The monoisotopic (exact) mass is 646 g/mol. The van der Waals surface area contributed by atoms with Gasteiger partial charge in [-0.15, -0.1) is 13.2 Å². The molecule has 0 aromatic heterocycles. The third kappa shape index (κ3) is 21.0. The molecular weight excluding hydrogens is 589 g/mol. The van der Waals surface area contributed by atoms with Crippen molar-refractivity contribution in [3.05, 3.63) is 13.2 Å². The van der Waals surface area contributed by atoms with Crippen molar-refractivity contribution < 1.29 is 39.6 Å². The standard InChI is InChI=1S/C21H54O9Si6.C2H4/c1-15-16-24-17-18-25-20-36(14,29-34(11,12)27-32(6,7)8)30-35(13,19-21(22)23-2)28-33(9,10)26-31(3,4)5;1-2/h15-20H2,1-14H3;1-2H2. The average Bonchev–Trinajstić information content (AvgIpc) is 2.66. The van der Waals surface area contributed by atoms with Crippen LogP contribution in [0.2, 0.25) is 84.6 Å². The van der Waals surface area contributed by atoms with E-state index in [9.17, 15) is 4.79 Å². The van der Waals surface area contributed by atoms with Gasteiger partial charge in [0.05, 0.1) is 32.6 Å². The lowest BCUT2D eigenvalue weighted by atomic mass is 10.5. The van der Waals surface area contributed by atoms with Gasteiger partial charge in [0, 0.05) is 6.61 Å². The van der Waals surface area contributed by atoms with Crippen molar-refractivity contribution in [2.45, 2.75) is 98.0 Å². The molecule has 0 aromatic carbocycles. The predicted octanol–water partition coefficient (Wildman–Crippen LogP) is 6.24. The van der Waals surface area contributed by atoms with Gasteiger partial charge >= 0.3 is 40.2 Å². The van der Waals surface area contributed by atoms with Gasteiger partial charge in [-0.3, -0.25) is 4.79 Å². The summed E-state index contributed by atoms with van der Waals surface area (Å²) in [6, 6.07) is 0.0391. The summed E-state index contributed by atoms with van der Waals surface area (Å²) < 4.78 is 49.7. The van der Waals surface area contributed by atoms with E-state index in [1.54, 1.807) is 0 Å². The van der Waals surface area contributed by atoms with E-state index in [1.807, 2.05) is 39.3 Å². The second kappa shape index (κ2) is 17.2. The van der Waals surface area contributed by atoms with E-state index in [-0.39, 0.29) is 18.2 Å². The molecule has 38 heavy (non-hydrogen) atoms. The molecule has 0 N–H and O–H groups in total. The Labute approximate surface area is 240 Å². The first kappa shape index (κ1) is 40.4. The molecule has 0 amide bonds. The fourth-order valence-electron chi connectivity index (χ4n) is 4.14. The summed E-state index contributed by atoms with van der Waals surface area (Å²) in [6.07, 6.45) is 1.23. The minimum absolute atomic E-state index is 0.0391. The van der Waals surface area contributed by atoms with E-state index in [4.69, 9.17) is 34.8 Å². The zero-order chi connectivity index (χ0) is 30.5. The van der Waals surface area contributed by atoms with Crippen LogP contribution in [0.3, 0.4) is 0 Å². The Morgan fingerprint density at radius 3 is 1.42 bits per heavy atom. The molecule has 0 radical (unpaired) electrons. The summed E-state index contributed by atoms with van der Waals surface area (Å²) in [5, 5.41) is 0. The van der Waals surface area contributed by atoms with Gasteiger partial charge in [-0.2, -0.15) is 0 Å². The molecule has 9 nitrogen and oxygen atoms in total. The summed E-state index contributed by atoms with van der Waals surface area (Å²) in [5.41, 5.74) is 0. The van der Waals surface area contributed by atoms with Crippen LogP contribution in [0.15, 0.2) is 13.2 Å². The summed E-state index contributed by atoms with van der Waals surface area (Å²) >= 11 is 0. The number of methoxy groups -OCH3 is 1. The lowest BCUT2D eigenvalue weighted by Crippen LogP contribution is -2.63. The fraction of sp³-hybridized carbons (Fsp3) is 0.870. The Balaban J connectivity index is 0. The molecule has 15 heteroatoms. The molecule has 0 fully saturated rings. The zero-order valence-corrected chi connectivity index (χ0v) is 32.8. The molecule has 0 saturated carbocycles. The molecule has 0 aliphatic rings. The van der Waals surface area contributed by atoms with E-state index >= 15 is 0 Å². The second-order valence-corrected chi connectivity index (χ2v) is 35.5. The van der Waals surface area contributed by atoms with Crippen LogP contribution < -0.4 is 0 Å². The molecule has 2 unspecified atom stereocenters. The Morgan fingerprint density at radius 2 is 1.03 bits per heavy atom. The summed E-state index contributed by atoms with van der Waals surface area (Å²) in [7, 11) is -13.8. The lowest BCUT2D eigenvalue weighted by Gasteiger charge is -2.44. The van der Waals surface area contributed by atoms with E-state index in [1.165, 1.54) is 7.11 Å². The Morgan fingerprint density at radius 1 is 0.605 bits per heavy atom. The molecule has 0 heterocycles.